The van der Waals surface area contributed by atoms with Gasteiger partial charge in [-0.25, -0.2) is 0 Å². The fourth-order valence-corrected chi connectivity index (χ4v) is 2.88. The lowest BCUT2D eigenvalue weighted by Crippen LogP contribution is -2.48. The van der Waals surface area contributed by atoms with Crippen molar-refractivity contribution < 1.29 is 4.74 Å². The Balaban J connectivity index is 2.54. The molecule has 1 rings (SSSR count). The number of ether oxygens (including phenoxy) is 1. The van der Waals surface area contributed by atoms with E-state index in [4.69, 9.17) is 4.74 Å². The van der Waals surface area contributed by atoms with Crippen molar-refractivity contribution in [2.75, 3.05) is 32.8 Å². The van der Waals surface area contributed by atoms with Crippen molar-refractivity contribution in [3.05, 3.63) is 0 Å². The van der Waals surface area contributed by atoms with Crippen LogP contribution in [0.15, 0.2) is 0 Å². The average molecular weight is 270 g/mol. The summed E-state index contributed by atoms with van der Waals surface area (Å²) in [4.78, 5) is 2.68. The summed E-state index contributed by atoms with van der Waals surface area (Å²) in [5, 5.41) is 3.69. The molecule has 3 unspecified atom stereocenters. The third-order valence-corrected chi connectivity index (χ3v) is 4.44. The predicted molar refractivity (Wildman–Crippen MR) is 82.6 cm³/mol. The molecule has 3 nitrogen and oxygen atoms in total. The highest BCUT2D eigenvalue weighted by atomic mass is 16.5. The van der Waals surface area contributed by atoms with E-state index in [9.17, 15) is 0 Å². The second kappa shape index (κ2) is 9.73. The van der Waals surface area contributed by atoms with Crippen LogP contribution in [0.3, 0.4) is 0 Å². The summed E-state index contributed by atoms with van der Waals surface area (Å²) in [5.41, 5.74) is 0. The van der Waals surface area contributed by atoms with Crippen molar-refractivity contribution in [1.29, 1.82) is 0 Å². The quantitative estimate of drug-likeness (QED) is 0.660. The minimum Gasteiger partial charge on any atom is -0.381 e. The van der Waals surface area contributed by atoms with Gasteiger partial charge in [0.2, 0.25) is 0 Å². The van der Waals surface area contributed by atoms with E-state index in [0.717, 1.165) is 19.8 Å². The van der Waals surface area contributed by atoms with Gasteiger partial charge in [0, 0.05) is 31.2 Å². The first kappa shape index (κ1) is 16.9. The molecule has 1 aliphatic heterocycles. The minimum absolute atomic E-state index is 0.596. The fraction of sp³-hybridized carbons (Fsp3) is 1.00. The molecular formula is C16H34N2O. The Kier molecular flexibility index (Phi) is 8.67. The van der Waals surface area contributed by atoms with Gasteiger partial charge in [-0.3, -0.25) is 4.90 Å². The van der Waals surface area contributed by atoms with E-state index in [1.165, 1.54) is 38.8 Å². The van der Waals surface area contributed by atoms with E-state index in [1.807, 2.05) is 0 Å². The molecule has 3 atom stereocenters. The van der Waals surface area contributed by atoms with Crippen LogP contribution in [0.25, 0.3) is 0 Å². The Morgan fingerprint density at radius 3 is 2.63 bits per heavy atom. The highest BCUT2D eigenvalue weighted by molar-refractivity contribution is 4.83. The summed E-state index contributed by atoms with van der Waals surface area (Å²) in [6, 6.07) is 1.29. The number of likely N-dealkylation sites (N-methyl/N-ethyl adjacent to an activating group) is 1. The number of rotatable bonds is 10. The summed E-state index contributed by atoms with van der Waals surface area (Å²) in [7, 11) is 0. The molecule has 0 saturated carbocycles. The molecule has 114 valence electrons. The van der Waals surface area contributed by atoms with Crippen molar-refractivity contribution >= 4 is 0 Å². The number of nitrogens with one attached hydrogen (secondary N) is 1. The summed E-state index contributed by atoms with van der Waals surface area (Å²) < 4.78 is 5.58. The summed E-state index contributed by atoms with van der Waals surface area (Å²) >= 11 is 0. The van der Waals surface area contributed by atoms with Gasteiger partial charge >= 0.3 is 0 Å². The lowest BCUT2D eigenvalue weighted by Gasteiger charge is -2.34. The first-order valence-corrected chi connectivity index (χ1v) is 8.28. The van der Waals surface area contributed by atoms with Crippen LogP contribution in [0.2, 0.25) is 0 Å². The molecule has 1 saturated heterocycles. The summed E-state index contributed by atoms with van der Waals surface area (Å²) in [6.45, 7) is 14.5. The van der Waals surface area contributed by atoms with Crippen LogP contribution in [0, 0.1) is 5.92 Å². The normalized spacial score (nSPS) is 22.9. The van der Waals surface area contributed by atoms with Gasteiger partial charge in [-0.05, 0) is 39.3 Å². The van der Waals surface area contributed by atoms with Crippen LogP contribution in [0.5, 0.6) is 0 Å². The van der Waals surface area contributed by atoms with Gasteiger partial charge in [0.05, 0.1) is 6.61 Å². The SMILES string of the molecule is CCCCN(CC(NCC)C1CCOC1)C(C)CC. The van der Waals surface area contributed by atoms with Gasteiger partial charge in [-0.2, -0.15) is 0 Å². The van der Waals surface area contributed by atoms with E-state index in [1.54, 1.807) is 0 Å². The Hall–Kier alpha value is -0.120. The number of unbranched alkanes of at least 4 members (excludes halogenated alkanes) is 1. The maximum Gasteiger partial charge on any atom is 0.0510 e. The Bertz CT molecular complexity index is 217. The van der Waals surface area contributed by atoms with Crippen molar-refractivity contribution in [2.45, 2.75) is 65.5 Å². The molecule has 1 fully saturated rings. The van der Waals surface area contributed by atoms with Gasteiger partial charge in [0.1, 0.15) is 0 Å². The zero-order valence-electron chi connectivity index (χ0n) is 13.5. The molecule has 0 aliphatic carbocycles. The lowest BCUT2D eigenvalue weighted by atomic mass is 9.97. The predicted octanol–water partition coefficient (Wildman–Crippen LogP) is 2.90. The standard InChI is InChI=1S/C16H34N2O/c1-5-8-10-18(14(4)6-2)12-16(17-7-3)15-9-11-19-13-15/h14-17H,5-13H2,1-4H3. The average Bonchev–Trinajstić information content (AvgIpc) is 2.95. The second-order valence-corrected chi connectivity index (χ2v) is 5.89. The van der Waals surface area contributed by atoms with E-state index in [0.29, 0.717) is 18.0 Å². The van der Waals surface area contributed by atoms with Crippen LogP contribution in [-0.2, 0) is 4.74 Å². The Labute approximate surface area is 120 Å². The molecule has 1 heterocycles. The molecule has 1 N–H and O–H groups in total. The molecule has 0 aromatic heterocycles. The van der Waals surface area contributed by atoms with E-state index >= 15 is 0 Å². The molecule has 0 aromatic carbocycles. The first-order valence-electron chi connectivity index (χ1n) is 8.28. The van der Waals surface area contributed by atoms with Gasteiger partial charge in [0.15, 0.2) is 0 Å². The van der Waals surface area contributed by atoms with E-state index in [2.05, 4.69) is 37.9 Å². The molecule has 1 aliphatic rings. The fourth-order valence-electron chi connectivity index (χ4n) is 2.88. The summed E-state index contributed by atoms with van der Waals surface area (Å²) in [5.74, 6) is 0.702. The second-order valence-electron chi connectivity index (χ2n) is 5.89. The zero-order valence-corrected chi connectivity index (χ0v) is 13.5. The molecule has 0 spiro atoms. The maximum absolute atomic E-state index is 5.58. The first-order chi connectivity index (χ1) is 9.22. The van der Waals surface area contributed by atoms with Crippen molar-refractivity contribution in [3.63, 3.8) is 0 Å². The van der Waals surface area contributed by atoms with E-state index < -0.39 is 0 Å². The molecule has 19 heavy (non-hydrogen) atoms. The molecule has 0 amide bonds. The number of hydrogen-bond acceptors (Lipinski definition) is 3. The van der Waals surface area contributed by atoms with Crippen molar-refractivity contribution in [2.24, 2.45) is 5.92 Å². The molecular weight excluding hydrogens is 236 g/mol. The van der Waals surface area contributed by atoms with Crippen molar-refractivity contribution in [1.82, 2.24) is 10.2 Å². The topological polar surface area (TPSA) is 24.5 Å². The maximum atomic E-state index is 5.58. The van der Waals surface area contributed by atoms with Crippen LogP contribution in [0.4, 0.5) is 0 Å². The third kappa shape index (κ3) is 5.80. The van der Waals surface area contributed by atoms with Gasteiger partial charge < -0.3 is 10.1 Å². The van der Waals surface area contributed by atoms with Gasteiger partial charge in [-0.15, -0.1) is 0 Å². The lowest BCUT2D eigenvalue weighted by molar-refractivity contribution is 0.141. The smallest absolute Gasteiger partial charge is 0.0510 e. The van der Waals surface area contributed by atoms with Crippen LogP contribution >= 0.6 is 0 Å². The van der Waals surface area contributed by atoms with Crippen molar-refractivity contribution in [3.8, 4) is 0 Å². The van der Waals surface area contributed by atoms with Gasteiger partial charge in [-0.1, -0.05) is 27.2 Å². The minimum atomic E-state index is 0.596. The molecule has 0 bridgehead atoms. The highest BCUT2D eigenvalue weighted by Gasteiger charge is 2.27. The molecule has 0 radical (unpaired) electrons. The van der Waals surface area contributed by atoms with E-state index in [-0.39, 0.29) is 0 Å². The third-order valence-electron chi connectivity index (χ3n) is 4.44. The Morgan fingerprint density at radius 2 is 2.11 bits per heavy atom. The number of nitrogens with zero attached hydrogens (tertiary/aromatic N) is 1. The Morgan fingerprint density at radius 1 is 1.32 bits per heavy atom. The molecule has 3 heteroatoms. The largest absolute Gasteiger partial charge is 0.381 e. The number of hydrogen-bond donors (Lipinski definition) is 1. The monoisotopic (exact) mass is 270 g/mol. The van der Waals surface area contributed by atoms with Crippen LogP contribution in [-0.4, -0.2) is 49.8 Å². The van der Waals surface area contributed by atoms with Crippen LogP contribution in [0.1, 0.15) is 53.4 Å². The van der Waals surface area contributed by atoms with Gasteiger partial charge in [0.25, 0.3) is 0 Å². The molecule has 0 aromatic rings. The van der Waals surface area contributed by atoms with Crippen LogP contribution < -0.4 is 5.32 Å². The highest BCUT2D eigenvalue weighted by Crippen LogP contribution is 2.19. The summed E-state index contributed by atoms with van der Waals surface area (Å²) in [6.07, 6.45) is 5.05. The zero-order chi connectivity index (χ0) is 14.1.